The largest absolute Gasteiger partial charge is 0.369 e. The maximum Gasteiger partial charge on any atom is 0.146 e. The quantitative estimate of drug-likeness (QED) is 0.863. The van der Waals surface area contributed by atoms with Crippen LogP contribution in [0.1, 0.15) is 43.4 Å². The molecule has 0 aliphatic carbocycles. The fourth-order valence-corrected chi connectivity index (χ4v) is 3.17. The second-order valence-corrected chi connectivity index (χ2v) is 6.35. The van der Waals surface area contributed by atoms with E-state index in [2.05, 4.69) is 35.3 Å². The van der Waals surface area contributed by atoms with Crippen molar-refractivity contribution in [2.24, 2.45) is 0 Å². The molecule has 1 aliphatic rings. The summed E-state index contributed by atoms with van der Waals surface area (Å²) in [5.41, 5.74) is 2.99. The summed E-state index contributed by atoms with van der Waals surface area (Å²) in [5, 5.41) is 3.46. The third kappa shape index (κ3) is 4.11. The molecule has 0 saturated carbocycles. The third-order valence-corrected chi connectivity index (χ3v) is 4.62. The average Bonchev–Trinajstić information content (AvgIpc) is 2.61. The van der Waals surface area contributed by atoms with Gasteiger partial charge in [0.25, 0.3) is 0 Å². The lowest BCUT2D eigenvalue weighted by atomic mass is 10.1. The van der Waals surface area contributed by atoms with Crippen molar-refractivity contribution >= 4 is 5.69 Å². The molecule has 122 valence electrons. The summed E-state index contributed by atoms with van der Waals surface area (Å²) in [7, 11) is 0. The van der Waals surface area contributed by atoms with Crippen molar-refractivity contribution in [2.45, 2.75) is 38.8 Å². The molecule has 2 aromatic rings. The SMILES string of the molecule is C[C@H](NCc1ccccc1)c1ccc(N2CCCCC2)c(F)c1. The molecule has 0 spiro atoms. The van der Waals surface area contributed by atoms with Crippen LogP contribution in [0.4, 0.5) is 10.1 Å². The predicted octanol–water partition coefficient (Wildman–Crippen LogP) is 4.67. The van der Waals surface area contributed by atoms with Crippen molar-refractivity contribution in [2.75, 3.05) is 18.0 Å². The Bertz CT molecular complexity index is 621. The number of hydrogen-bond acceptors (Lipinski definition) is 2. The van der Waals surface area contributed by atoms with E-state index in [0.29, 0.717) is 0 Å². The molecule has 2 aromatic carbocycles. The molecule has 3 heteroatoms. The van der Waals surface area contributed by atoms with E-state index >= 15 is 0 Å². The highest BCUT2D eigenvalue weighted by Crippen LogP contribution is 2.26. The van der Waals surface area contributed by atoms with Crippen LogP contribution in [0.25, 0.3) is 0 Å². The third-order valence-electron chi connectivity index (χ3n) is 4.62. The first-order valence-corrected chi connectivity index (χ1v) is 8.56. The summed E-state index contributed by atoms with van der Waals surface area (Å²) in [6.45, 7) is 4.81. The van der Waals surface area contributed by atoms with Gasteiger partial charge in [0.1, 0.15) is 5.82 Å². The van der Waals surface area contributed by atoms with Crippen LogP contribution in [0.15, 0.2) is 48.5 Å². The van der Waals surface area contributed by atoms with Gasteiger partial charge in [0, 0.05) is 25.7 Å². The molecule has 0 unspecified atom stereocenters. The molecule has 0 radical (unpaired) electrons. The van der Waals surface area contributed by atoms with Gasteiger partial charge in [-0.3, -0.25) is 0 Å². The van der Waals surface area contributed by atoms with Gasteiger partial charge in [-0.25, -0.2) is 4.39 Å². The van der Waals surface area contributed by atoms with Crippen molar-refractivity contribution in [3.8, 4) is 0 Å². The number of hydrogen-bond donors (Lipinski definition) is 1. The van der Waals surface area contributed by atoms with E-state index in [-0.39, 0.29) is 11.9 Å². The van der Waals surface area contributed by atoms with Gasteiger partial charge in [-0.05, 0) is 49.4 Å². The van der Waals surface area contributed by atoms with Crippen molar-refractivity contribution in [1.29, 1.82) is 0 Å². The number of nitrogens with one attached hydrogen (secondary N) is 1. The highest BCUT2D eigenvalue weighted by atomic mass is 19.1. The maximum absolute atomic E-state index is 14.5. The zero-order chi connectivity index (χ0) is 16.1. The normalized spacial score (nSPS) is 16.3. The van der Waals surface area contributed by atoms with Gasteiger partial charge in [-0.15, -0.1) is 0 Å². The zero-order valence-electron chi connectivity index (χ0n) is 13.8. The molecule has 2 nitrogen and oxygen atoms in total. The van der Waals surface area contributed by atoms with E-state index in [1.54, 1.807) is 6.07 Å². The van der Waals surface area contributed by atoms with Crippen molar-refractivity contribution in [1.82, 2.24) is 5.32 Å². The Labute approximate surface area is 138 Å². The Balaban J connectivity index is 1.64. The van der Waals surface area contributed by atoms with Crippen LogP contribution in [0.2, 0.25) is 0 Å². The molecule has 1 saturated heterocycles. The van der Waals surface area contributed by atoms with E-state index in [4.69, 9.17) is 0 Å². The first-order valence-electron chi connectivity index (χ1n) is 8.56. The molecular formula is C20H25FN2. The second kappa shape index (κ2) is 7.60. The average molecular weight is 312 g/mol. The molecule has 3 rings (SSSR count). The maximum atomic E-state index is 14.5. The minimum absolute atomic E-state index is 0.0993. The molecule has 1 atom stereocenters. The highest BCUT2D eigenvalue weighted by molar-refractivity contribution is 5.49. The first-order chi connectivity index (χ1) is 11.2. The van der Waals surface area contributed by atoms with Crippen molar-refractivity contribution in [3.05, 3.63) is 65.5 Å². The minimum Gasteiger partial charge on any atom is -0.369 e. The van der Waals surface area contributed by atoms with Gasteiger partial charge in [0.2, 0.25) is 0 Å². The topological polar surface area (TPSA) is 15.3 Å². The van der Waals surface area contributed by atoms with Crippen LogP contribution >= 0.6 is 0 Å². The molecule has 1 N–H and O–H groups in total. The van der Waals surface area contributed by atoms with Gasteiger partial charge in [0.05, 0.1) is 5.69 Å². The number of anilines is 1. The van der Waals surface area contributed by atoms with Crippen LogP contribution in [-0.2, 0) is 6.54 Å². The van der Waals surface area contributed by atoms with Crippen LogP contribution in [-0.4, -0.2) is 13.1 Å². The van der Waals surface area contributed by atoms with Crippen LogP contribution < -0.4 is 10.2 Å². The molecular weight excluding hydrogens is 287 g/mol. The minimum atomic E-state index is -0.0993. The lowest BCUT2D eigenvalue weighted by Gasteiger charge is -2.29. The number of halogens is 1. The van der Waals surface area contributed by atoms with E-state index < -0.39 is 0 Å². The Hall–Kier alpha value is -1.87. The van der Waals surface area contributed by atoms with Gasteiger partial charge >= 0.3 is 0 Å². The van der Waals surface area contributed by atoms with Gasteiger partial charge < -0.3 is 10.2 Å². The smallest absolute Gasteiger partial charge is 0.146 e. The van der Waals surface area contributed by atoms with E-state index in [0.717, 1.165) is 43.7 Å². The van der Waals surface area contributed by atoms with Crippen LogP contribution in [0.3, 0.4) is 0 Å². The van der Waals surface area contributed by atoms with E-state index in [1.807, 2.05) is 24.3 Å². The molecule has 0 amide bonds. The fraction of sp³-hybridized carbons (Fsp3) is 0.400. The van der Waals surface area contributed by atoms with Gasteiger partial charge in [-0.2, -0.15) is 0 Å². The molecule has 0 bridgehead atoms. The molecule has 23 heavy (non-hydrogen) atoms. The highest BCUT2D eigenvalue weighted by Gasteiger charge is 2.16. The Morgan fingerprint density at radius 2 is 1.78 bits per heavy atom. The summed E-state index contributed by atoms with van der Waals surface area (Å²) >= 11 is 0. The van der Waals surface area contributed by atoms with Crippen molar-refractivity contribution in [3.63, 3.8) is 0 Å². The molecule has 1 heterocycles. The predicted molar refractivity (Wildman–Crippen MR) is 94.2 cm³/mol. The Morgan fingerprint density at radius 1 is 1.04 bits per heavy atom. The number of rotatable bonds is 5. The number of nitrogens with zero attached hydrogens (tertiary/aromatic N) is 1. The lowest BCUT2D eigenvalue weighted by Crippen LogP contribution is -2.30. The number of piperidine rings is 1. The van der Waals surface area contributed by atoms with E-state index in [1.165, 1.54) is 12.0 Å². The zero-order valence-corrected chi connectivity index (χ0v) is 13.8. The van der Waals surface area contributed by atoms with Crippen LogP contribution in [0, 0.1) is 5.82 Å². The summed E-state index contributed by atoms with van der Waals surface area (Å²) in [5.74, 6) is -0.0993. The van der Waals surface area contributed by atoms with Crippen LogP contribution in [0.5, 0.6) is 0 Å². The first kappa shape index (κ1) is 16.0. The Kier molecular flexibility index (Phi) is 5.29. The van der Waals surface area contributed by atoms with Crippen molar-refractivity contribution < 1.29 is 4.39 Å². The summed E-state index contributed by atoms with van der Waals surface area (Å²) in [4.78, 5) is 2.17. The van der Waals surface area contributed by atoms with Gasteiger partial charge in [-0.1, -0.05) is 36.4 Å². The summed E-state index contributed by atoms with van der Waals surface area (Å²) in [6.07, 6.45) is 3.59. The monoisotopic (exact) mass is 312 g/mol. The summed E-state index contributed by atoms with van der Waals surface area (Å²) < 4.78 is 14.5. The Morgan fingerprint density at radius 3 is 2.48 bits per heavy atom. The fourth-order valence-electron chi connectivity index (χ4n) is 3.17. The lowest BCUT2D eigenvalue weighted by molar-refractivity contribution is 0.548. The summed E-state index contributed by atoms with van der Waals surface area (Å²) in [6, 6.07) is 16.1. The molecule has 1 fully saturated rings. The molecule has 1 aliphatic heterocycles. The van der Waals surface area contributed by atoms with E-state index in [9.17, 15) is 4.39 Å². The molecule has 0 aromatic heterocycles. The number of benzene rings is 2. The van der Waals surface area contributed by atoms with Gasteiger partial charge in [0.15, 0.2) is 0 Å². The standard InChI is InChI=1S/C20H25FN2/c1-16(22-15-17-8-4-2-5-9-17)18-10-11-20(19(21)14-18)23-12-6-3-7-13-23/h2,4-5,8-11,14,16,22H,3,6-7,12-13,15H2,1H3/t16-/m0/s1. The second-order valence-electron chi connectivity index (χ2n) is 6.35.